The molecule has 120 valence electrons. The summed E-state index contributed by atoms with van der Waals surface area (Å²) < 4.78 is 6.03. The fraction of sp³-hybridized carbons (Fsp3) is 0.611. The molecule has 2 heterocycles. The first kappa shape index (κ1) is 15.5. The molecule has 2 N–H and O–H groups in total. The lowest BCUT2D eigenvalue weighted by atomic mass is 9.74. The van der Waals surface area contributed by atoms with Crippen LogP contribution in [0.15, 0.2) is 24.3 Å². The largest absolute Gasteiger partial charge is 0.376 e. The van der Waals surface area contributed by atoms with Crippen LogP contribution in [0.4, 0.5) is 0 Å². The summed E-state index contributed by atoms with van der Waals surface area (Å²) in [4.78, 5) is 12.1. The zero-order valence-electron chi connectivity index (χ0n) is 13.4. The third-order valence-electron chi connectivity index (χ3n) is 5.09. The summed E-state index contributed by atoms with van der Waals surface area (Å²) >= 11 is 0. The second-order valence-electron chi connectivity index (χ2n) is 6.80. The zero-order valence-corrected chi connectivity index (χ0v) is 13.4. The van der Waals surface area contributed by atoms with E-state index in [1.807, 2.05) is 31.2 Å². The van der Waals surface area contributed by atoms with Gasteiger partial charge < -0.3 is 15.4 Å². The molecule has 22 heavy (non-hydrogen) atoms. The van der Waals surface area contributed by atoms with Crippen molar-refractivity contribution in [3.63, 3.8) is 0 Å². The van der Waals surface area contributed by atoms with Gasteiger partial charge in [0.15, 0.2) is 0 Å². The van der Waals surface area contributed by atoms with Gasteiger partial charge >= 0.3 is 0 Å². The molecule has 1 unspecified atom stereocenters. The Labute approximate surface area is 132 Å². The van der Waals surface area contributed by atoms with Crippen molar-refractivity contribution in [1.82, 2.24) is 10.6 Å². The molecule has 1 aromatic rings. The van der Waals surface area contributed by atoms with E-state index >= 15 is 0 Å². The molecule has 2 saturated heterocycles. The molecule has 0 aliphatic carbocycles. The van der Waals surface area contributed by atoms with Crippen LogP contribution in [-0.2, 0) is 4.74 Å². The highest BCUT2D eigenvalue weighted by Gasteiger charge is 2.36. The number of piperidine rings is 1. The van der Waals surface area contributed by atoms with Crippen LogP contribution < -0.4 is 10.6 Å². The zero-order chi connectivity index (χ0) is 15.4. The molecule has 0 radical (unpaired) electrons. The number of ether oxygens (including phenoxy) is 1. The lowest BCUT2D eigenvalue weighted by molar-refractivity contribution is -0.0721. The highest BCUT2D eigenvalue weighted by molar-refractivity contribution is 5.94. The molecule has 3 rings (SSSR count). The molecule has 0 bridgehead atoms. The Kier molecular flexibility index (Phi) is 4.79. The summed E-state index contributed by atoms with van der Waals surface area (Å²) in [6, 6.07) is 7.67. The van der Waals surface area contributed by atoms with E-state index in [4.69, 9.17) is 4.74 Å². The van der Waals surface area contributed by atoms with Crippen molar-refractivity contribution in [1.29, 1.82) is 0 Å². The topological polar surface area (TPSA) is 50.4 Å². The number of amides is 1. The van der Waals surface area contributed by atoms with Crippen molar-refractivity contribution in [3.05, 3.63) is 35.4 Å². The Morgan fingerprint density at radius 1 is 1.27 bits per heavy atom. The lowest BCUT2D eigenvalue weighted by Gasteiger charge is -2.43. The third kappa shape index (κ3) is 3.68. The van der Waals surface area contributed by atoms with Crippen molar-refractivity contribution in [2.75, 3.05) is 26.2 Å². The molecule has 4 nitrogen and oxygen atoms in total. The molecule has 2 aliphatic rings. The third-order valence-corrected chi connectivity index (χ3v) is 5.09. The van der Waals surface area contributed by atoms with Crippen LogP contribution in [0.5, 0.6) is 0 Å². The molecule has 0 aromatic heterocycles. The van der Waals surface area contributed by atoms with Crippen molar-refractivity contribution < 1.29 is 9.53 Å². The standard InChI is InChI=1S/C18H26N2O2/c1-14-2-4-15(5-3-14)17(21)20-12-16-6-7-18(13-22-16)8-10-19-11-9-18/h2-5,16,19H,6-13H2,1H3,(H,20,21). The number of benzene rings is 1. The highest BCUT2D eigenvalue weighted by Crippen LogP contribution is 2.38. The van der Waals surface area contributed by atoms with Gasteiger partial charge in [0, 0.05) is 12.1 Å². The minimum absolute atomic E-state index is 0.00856. The fourth-order valence-corrected chi connectivity index (χ4v) is 3.44. The summed E-state index contributed by atoms with van der Waals surface area (Å²) in [7, 11) is 0. The van der Waals surface area contributed by atoms with Crippen LogP contribution in [0.2, 0.25) is 0 Å². The molecule has 1 atom stereocenters. The Morgan fingerprint density at radius 3 is 2.64 bits per heavy atom. The monoisotopic (exact) mass is 302 g/mol. The van der Waals surface area contributed by atoms with Gasteiger partial charge in [-0.2, -0.15) is 0 Å². The van der Waals surface area contributed by atoms with E-state index in [-0.39, 0.29) is 12.0 Å². The van der Waals surface area contributed by atoms with Crippen molar-refractivity contribution in [3.8, 4) is 0 Å². The minimum Gasteiger partial charge on any atom is -0.376 e. The summed E-state index contributed by atoms with van der Waals surface area (Å²) in [5, 5.41) is 6.42. The lowest BCUT2D eigenvalue weighted by Crippen LogP contribution is -2.46. The quantitative estimate of drug-likeness (QED) is 0.900. The SMILES string of the molecule is Cc1ccc(C(=O)NCC2CCC3(CCNCC3)CO2)cc1. The summed E-state index contributed by atoms with van der Waals surface area (Å²) in [6.45, 7) is 5.70. The van der Waals surface area contributed by atoms with E-state index in [1.54, 1.807) is 0 Å². The molecule has 2 fully saturated rings. The summed E-state index contributed by atoms with van der Waals surface area (Å²) in [5.74, 6) is -0.00856. The number of hydrogen-bond acceptors (Lipinski definition) is 3. The fourth-order valence-electron chi connectivity index (χ4n) is 3.44. The van der Waals surface area contributed by atoms with Crippen LogP contribution in [0.25, 0.3) is 0 Å². The predicted octanol–water partition coefficient (Wildman–Crippen LogP) is 2.27. The average molecular weight is 302 g/mol. The second-order valence-corrected chi connectivity index (χ2v) is 6.80. The normalized spacial score (nSPS) is 24.1. The average Bonchev–Trinajstić information content (AvgIpc) is 2.56. The van der Waals surface area contributed by atoms with Crippen LogP contribution in [-0.4, -0.2) is 38.3 Å². The van der Waals surface area contributed by atoms with Crippen LogP contribution in [0, 0.1) is 12.3 Å². The number of carbonyl (C=O) groups excluding carboxylic acids is 1. The Bertz CT molecular complexity index is 496. The number of hydrogen-bond donors (Lipinski definition) is 2. The van der Waals surface area contributed by atoms with Crippen LogP contribution in [0.3, 0.4) is 0 Å². The molecule has 1 spiro atoms. The van der Waals surface area contributed by atoms with Gasteiger partial charge in [-0.25, -0.2) is 0 Å². The minimum atomic E-state index is -0.00856. The first-order chi connectivity index (χ1) is 10.7. The van der Waals surface area contributed by atoms with E-state index in [2.05, 4.69) is 10.6 Å². The number of rotatable bonds is 3. The molecule has 2 aliphatic heterocycles. The van der Waals surface area contributed by atoms with E-state index in [0.29, 0.717) is 12.0 Å². The Hall–Kier alpha value is -1.39. The molecule has 0 saturated carbocycles. The van der Waals surface area contributed by atoms with E-state index in [9.17, 15) is 4.79 Å². The maximum atomic E-state index is 12.1. The first-order valence-corrected chi connectivity index (χ1v) is 8.34. The van der Waals surface area contributed by atoms with E-state index in [1.165, 1.54) is 24.8 Å². The maximum absolute atomic E-state index is 12.1. The van der Waals surface area contributed by atoms with Crippen molar-refractivity contribution in [2.45, 2.75) is 38.7 Å². The van der Waals surface area contributed by atoms with Gasteiger partial charge in [-0.3, -0.25) is 4.79 Å². The van der Waals surface area contributed by atoms with Crippen molar-refractivity contribution >= 4 is 5.91 Å². The van der Waals surface area contributed by atoms with E-state index in [0.717, 1.165) is 31.7 Å². The van der Waals surface area contributed by atoms with E-state index < -0.39 is 0 Å². The van der Waals surface area contributed by atoms with Crippen molar-refractivity contribution in [2.24, 2.45) is 5.41 Å². The van der Waals surface area contributed by atoms with Gasteiger partial charge in [-0.05, 0) is 63.2 Å². The smallest absolute Gasteiger partial charge is 0.251 e. The second kappa shape index (κ2) is 6.80. The van der Waals surface area contributed by atoms with Gasteiger partial charge in [0.25, 0.3) is 5.91 Å². The summed E-state index contributed by atoms with van der Waals surface area (Å²) in [5.41, 5.74) is 2.28. The molecular weight excluding hydrogens is 276 g/mol. The van der Waals surface area contributed by atoms with Crippen LogP contribution >= 0.6 is 0 Å². The van der Waals surface area contributed by atoms with Gasteiger partial charge in [0.1, 0.15) is 0 Å². The first-order valence-electron chi connectivity index (χ1n) is 8.34. The molecule has 1 aromatic carbocycles. The number of aryl methyl sites for hydroxylation is 1. The number of carbonyl (C=O) groups is 1. The van der Waals surface area contributed by atoms with Crippen LogP contribution in [0.1, 0.15) is 41.6 Å². The maximum Gasteiger partial charge on any atom is 0.251 e. The molecular formula is C18H26N2O2. The number of nitrogens with one attached hydrogen (secondary N) is 2. The van der Waals surface area contributed by atoms with Gasteiger partial charge in [-0.1, -0.05) is 17.7 Å². The highest BCUT2D eigenvalue weighted by atomic mass is 16.5. The Balaban J connectivity index is 1.45. The summed E-state index contributed by atoms with van der Waals surface area (Å²) in [6.07, 6.45) is 4.87. The van der Waals surface area contributed by atoms with Gasteiger partial charge in [0.05, 0.1) is 12.7 Å². The van der Waals surface area contributed by atoms with Gasteiger partial charge in [0.2, 0.25) is 0 Å². The molecule has 1 amide bonds. The Morgan fingerprint density at radius 2 is 2.00 bits per heavy atom. The predicted molar refractivity (Wildman–Crippen MR) is 87.0 cm³/mol. The van der Waals surface area contributed by atoms with Gasteiger partial charge in [-0.15, -0.1) is 0 Å². The molecule has 4 heteroatoms.